The lowest BCUT2D eigenvalue weighted by atomic mass is 10.1. The van der Waals surface area contributed by atoms with E-state index in [0.717, 1.165) is 49.2 Å². The first-order valence-electron chi connectivity index (χ1n) is 9.56. The molecule has 1 aromatic carbocycles. The minimum Gasteiger partial charge on any atom is -0.346 e. The van der Waals surface area contributed by atoms with Crippen LogP contribution in [0.25, 0.3) is 5.69 Å². The van der Waals surface area contributed by atoms with Gasteiger partial charge in [0.25, 0.3) is 0 Å². The number of rotatable bonds is 7. The van der Waals surface area contributed by atoms with E-state index >= 15 is 0 Å². The van der Waals surface area contributed by atoms with Gasteiger partial charge in [0.15, 0.2) is 11.0 Å². The highest BCUT2D eigenvalue weighted by atomic mass is 32.2. The number of amides is 1. The Kier molecular flexibility index (Phi) is 7.18. The average molecular weight is 427 g/mol. The van der Waals surface area contributed by atoms with Gasteiger partial charge in [-0.1, -0.05) is 36.4 Å². The highest BCUT2D eigenvalue weighted by molar-refractivity contribution is 8.00. The Labute approximate surface area is 171 Å². The Morgan fingerprint density at radius 1 is 1.17 bits per heavy atom. The van der Waals surface area contributed by atoms with Gasteiger partial charge in [-0.3, -0.25) is 14.3 Å². The summed E-state index contributed by atoms with van der Waals surface area (Å²) >= 11 is 1.10. The lowest BCUT2D eigenvalue weighted by molar-refractivity contribution is -0.137. The molecule has 1 saturated heterocycles. The number of benzene rings is 1. The quantitative estimate of drug-likeness (QED) is 0.686. The van der Waals surface area contributed by atoms with Crippen LogP contribution >= 0.6 is 11.8 Å². The van der Waals surface area contributed by atoms with Gasteiger partial charge in [-0.15, -0.1) is 10.2 Å². The highest BCUT2D eigenvalue weighted by Crippen LogP contribution is 2.27. The standard InChI is InChI=1S/C19H24F3N5OS/c1-14(17(28)23-13-19(20,21)22)29-18-25-24-16(12-26-10-6-3-7-11-26)27(18)15-8-4-2-5-9-15/h2,4-5,8-9,14H,3,6-7,10-13H2,1H3,(H,23,28). The largest absolute Gasteiger partial charge is 0.405 e. The van der Waals surface area contributed by atoms with Gasteiger partial charge in [0.05, 0.1) is 11.8 Å². The summed E-state index contributed by atoms with van der Waals surface area (Å²) in [5, 5.41) is 10.2. The van der Waals surface area contributed by atoms with Crippen molar-refractivity contribution in [2.45, 2.75) is 49.3 Å². The van der Waals surface area contributed by atoms with Crippen molar-refractivity contribution in [3.05, 3.63) is 36.2 Å². The summed E-state index contributed by atoms with van der Waals surface area (Å²) in [6, 6.07) is 9.53. The Balaban J connectivity index is 1.78. The van der Waals surface area contributed by atoms with Crippen molar-refractivity contribution < 1.29 is 18.0 Å². The number of hydrogen-bond donors (Lipinski definition) is 1. The first-order valence-corrected chi connectivity index (χ1v) is 10.4. The lowest BCUT2D eigenvalue weighted by Crippen LogP contribution is -2.38. The fourth-order valence-electron chi connectivity index (χ4n) is 3.18. The number of hydrogen-bond acceptors (Lipinski definition) is 5. The third-order valence-corrected chi connectivity index (χ3v) is 5.69. The SMILES string of the molecule is CC(Sc1nnc(CN2CCCCC2)n1-c1ccccc1)C(=O)NCC(F)(F)F. The van der Waals surface area contributed by atoms with E-state index in [1.807, 2.05) is 40.2 Å². The van der Waals surface area contributed by atoms with Crippen LogP contribution in [0.2, 0.25) is 0 Å². The van der Waals surface area contributed by atoms with Gasteiger partial charge in [0.2, 0.25) is 5.91 Å². The Morgan fingerprint density at radius 2 is 1.86 bits per heavy atom. The topological polar surface area (TPSA) is 63.1 Å². The van der Waals surface area contributed by atoms with Crippen molar-refractivity contribution in [2.75, 3.05) is 19.6 Å². The minimum atomic E-state index is -4.44. The van der Waals surface area contributed by atoms with Crippen LogP contribution in [-0.2, 0) is 11.3 Å². The van der Waals surface area contributed by atoms with Crippen LogP contribution in [0.3, 0.4) is 0 Å². The lowest BCUT2D eigenvalue weighted by Gasteiger charge is -2.26. The predicted octanol–water partition coefficient (Wildman–Crippen LogP) is 3.41. The Morgan fingerprint density at radius 3 is 2.52 bits per heavy atom. The van der Waals surface area contributed by atoms with Crippen LogP contribution in [0.4, 0.5) is 13.2 Å². The molecule has 10 heteroatoms. The van der Waals surface area contributed by atoms with E-state index in [2.05, 4.69) is 15.1 Å². The molecule has 1 amide bonds. The van der Waals surface area contributed by atoms with Crippen LogP contribution in [0.1, 0.15) is 32.0 Å². The van der Waals surface area contributed by atoms with E-state index in [0.29, 0.717) is 11.7 Å². The zero-order valence-corrected chi connectivity index (χ0v) is 17.0. The number of alkyl halides is 3. The van der Waals surface area contributed by atoms with Gasteiger partial charge >= 0.3 is 6.18 Å². The second-order valence-electron chi connectivity index (χ2n) is 7.00. The molecule has 2 heterocycles. The van der Waals surface area contributed by atoms with Crippen LogP contribution < -0.4 is 5.32 Å². The maximum absolute atomic E-state index is 12.4. The molecule has 1 aromatic heterocycles. The molecule has 0 aliphatic carbocycles. The van der Waals surface area contributed by atoms with Crippen molar-refractivity contribution in [1.29, 1.82) is 0 Å². The number of carbonyl (C=O) groups excluding carboxylic acids is 1. The van der Waals surface area contributed by atoms with Crippen molar-refractivity contribution in [3.63, 3.8) is 0 Å². The third kappa shape index (κ3) is 6.20. The predicted molar refractivity (Wildman–Crippen MR) is 105 cm³/mol. The molecule has 0 bridgehead atoms. The van der Waals surface area contributed by atoms with Crippen molar-refractivity contribution in [2.24, 2.45) is 0 Å². The van der Waals surface area contributed by atoms with E-state index < -0.39 is 23.9 Å². The van der Waals surface area contributed by atoms with Crippen LogP contribution in [0.5, 0.6) is 0 Å². The maximum atomic E-state index is 12.4. The molecule has 1 atom stereocenters. The summed E-state index contributed by atoms with van der Waals surface area (Å²) in [6.45, 7) is 2.85. The van der Waals surface area contributed by atoms with Gasteiger partial charge in [-0.2, -0.15) is 13.2 Å². The molecule has 1 fully saturated rings. The van der Waals surface area contributed by atoms with Crippen LogP contribution in [-0.4, -0.2) is 56.6 Å². The number of carbonyl (C=O) groups is 1. The monoisotopic (exact) mass is 427 g/mol. The van der Waals surface area contributed by atoms with E-state index in [4.69, 9.17) is 0 Å². The van der Waals surface area contributed by atoms with E-state index in [9.17, 15) is 18.0 Å². The van der Waals surface area contributed by atoms with E-state index in [-0.39, 0.29) is 0 Å². The number of thioether (sulfide) groups is 1. The summed E-state index contributed by atoms with van der Waals surface area (Å²) in [5.41, 5.74) is 0.856. The van der Waals surface area contributed by atoms with Gasteiger partial charge in [-0.25, -0.2) is 0 Å². The molecule has 1 N–H and O–H groups in total. The molecule has 0 radical (unpaired) electrons. The van der Waals surface area contributed by atoms with Crippen molar-refractivity contribution in [3.8, 4) is 5.69 Å². The normalized spacial score (nSPS) is 16.6. The molecule has 1 aliphatic heterocycles. The molecule has 29 heavy (non-hydrogen) atoms. The molecule has 1 aliphatic rings. The molecule has 3 rings (SSSR count). The second kappa shape index (κ2) is 9.62. The molecule has 0 saturated carbocycles. The van der Waals surface area contributed by atoms with Gasteiger partial charge in [0.1, 0.15) is 6.54 Å². The van der Waals surface area contributed by atoms with Crippen LogP contribution in [0.15, 0.2) is 35.5 Å². The molecular weight excluding hydrogens is 403 g/mol. The highest BCUT2D eigenvalue weighted by Gasteiger charge is 2.29. The number of para-hydroxylation sites is 1. The Hall–Kier alpha value is -2.07. The summed E-state index contributed by atoms with van der Waals surface area (Å²) in [7, 11) is 0. The maximum Gasteiger partial charge on any atom is 0.405 e. The summed E-state index contributed by atoms with van der Waals surface area (Å²) in [5.74, 6) is 0.0658. The van der Waals surface area contributed by atoms with Crippen LogP contribution in [0, 0.1) is 0 Å². The smallest absolute Gasteiger partial charge is 0.346 e. The molecule has 2 aromatic rings. The number of nitrogens with zero attached hydrogens (tertiary/aromatic N) is 4. The van der Waals surface area contributed by atoms with Crippen molar-refractivity contribution >= 4 is 17.7 Å². The number of halogens is 3. The molecule has 0 spiro atoms. The van der Waals surface area contributed by atoms with Gasteiger partial charge in [0, 0.05) is 5.69 Å². The van der Waals surface area contributed by atoms with E-state index in [1.165, 1.54) is 6.42 Å². The summed E-state index contributed by atoms with van der Waals surface area (Å²) in [6.07, 6.45) is -0.908. The summed E-state index contributed by atoms with van der Waals surface area (Å²) in [4.78, 5) is 14.4. The van der Waals surface area contributed by atoms with E-state index in [1.54, 1.807) is 6.92 Å². The number of aromatic nitrogens is 3. The average Bonchev–Trinajstić information content (AvgIpc) is 3.09. The first-order chi connectivity index (χ1) is 13.8. The number of piperidine rings is 1. The third-order valence-electron chi connectivity index (χ3n) is 4.64. The first kappa shape index (κ1) is 21.6. The zero-order valence-electron chi connectivity index (χ0n) is 16.2. The zero-order chi connectivity index (χ0) is 20.9. The minimum absolute atomic E-state index is 0.484. The number of nitrogens with one attached hydrogen (secondary N) is 1. The molecule has 158 valence electrons. The summed E-state index contributed by atoms with van der Waals surface area (Å²) < 4.78 is 39.0. The fraction of sp³-hybridized carbons (Fsp3) is 0.526. The number of likely N-dealkylation sites (tertiary alicyclic amines) is 1. The van der Waals surface area contributed by atoms with Gasteiger partial charge < -0.3 is 5.32 Å². The molecule has 1 unspecified atom stereocenters. The Bertz CT molecular complexity index is 806. The molecular formula is C19H24F3N5OS. The van der Waals surface area contributed by atoms with Crippen molar-refractivity contribution in [1.82, 2.24) is 25.0 Å². The van der Waals surface area contributed by atoms with Gasteiger partial charge in [-0.05, 0) is 45.0 Å². The second-order valence-corrected chi connectivity index (χ2v) is 8.31. The fourth-order valence-corrected chi connectivity index (χ4v) is 4.09. The molecule has 6 nitrogen and oxygen atoms in total.